The molecule has 0 aromatic carbocycles. The summed E-state index contributed by atoms with van der Waals surface area (Å²) in [5.74, 6) is 1.04. The standard InChI is InChI=1S/C15H31N3O/c1-2-19-13-3-6-16-7-8-17-9-11-18(12-10-17)14-15-4-5-15/h15-16H,2-14H2,1H3. The van der Waals surface area contributed by atoms with Crippen molar-refractivity contribution >= 4 is 0 Å². The largest absolute Gasteiger partial charge is 0.382 e. The van der Waals surface area contributed by atoms with Gasteiger partial charge >= 0.3 is 0 Å². The first kappa shape index (κ1) is 15.2. The molecule has 0 unspecified atom stereocenters. The molecule has 2 rings (SSSR count). The number of hydrogen-bond donors (Lipinski definition) is 1. The molecule has 1 aliphatic heterocycles. The van der Waals surface area contributed by atoms with E-state index in [1.54, 1.807) is 0 Å². The molecule has 0 aromatic heterocycles. The summed E-state index contributed by atoms with van der Waals surface area (Å²) in [5.41, 5.74) is 0. The van der Waals surface area contributed by atoms with E-state index in [1.165, 1.54) is 52.1 Å². The van der Waals surface area contributed by atoms with Crippen molar-refractivity contribution in [2.75, 3.05) is 65.6 Å². The van der Waals surface area contributed by atoms with Crippen molar-refractivity contribution in [2.24, 2.45) is 5.92 Å². The molecule has 2 aliphatic rings. The molecule has 112 valence electrons. The third-order valence-electron chi connectivity index (χ3n) is 4.13. The van der Waals surface area contributed by atoms with Crippen LogP contribution in [-0.2, 0) is 4.74 Å². The molecule has 19 heavy (non-hydrogen) atoms. The van der Waals surface area contributed by atoms with E-state index >= 15 is 0 Å². The minimum atomic E-state index is 0.838. The maximum Gasteiger partial charge on any atom is 0.0477 e. The molecule has 4 heteroatoms. The van der Waals surface area contributed by atoms with E-state index in [0.29, 0.717) is 0 Å². The molecule has 1 N–H and O–H groups in total. The van der Waals surface area contributed by atoms with Gasteiger partial charge in [-0.1, -0.05) is 0 Å². The van der Waals surface area contributed by atoms with Crippen LogP contribution in [0.4, 0.5) is 0 Å². The fourth-order valence-corrected chi connectivity index (χ4v) is 2.67. The van der Waals surface area contributed by atoms with E-state index in [-0.39, 0.29) is 0 Å². The number of nitrogens with zero attached hydrogens (tertiary/aromatic N) is 2. The Bertz CT molecular complexity index is 225. The maximum atomic E-state index is 5.32. The molecule has 4 nitrogen and oxygen atoms in total. The van der Waals surface area contributed by atoms with Crippen LogP contribution in [0.5, 0.6) is 0 Å². The molecule has 1 heterocycles. The van der Waals surface area contributed by atoms with Crippen molar-refractivity contribution < 1.29 is 4.74 Å². The summed E-state index contributed by atoms with van der Waals surface area (Å²) in [6, 6.07) is 0. The lowest BCUT2D eigenvalue weighted by molar-refractivity contribution is 0.127. The summed E-state index contributed by atoms with van der Waals surface area (Å²) in [6.07, 6.45) is 4.08. The fourth-order valence-electron chi connectivity index (χ4n) is 2.67. The van der Waals surface area contributed by atoms with E-state index in [1.807, 2.05) is 0 Å². The highest BCUT2D eigenvalue weighted by molar-refractivity contribution is 4.80. The van der Waals surface area contributed by atoms with Gasteiger partial charge < -0.3 is 15.0 Å². The summed E-state index contributed by atoms with van der Waals surface area (Å²) in [5, 5.41) is 3.51. The maximum absolute atomic E-state index is 5.32. The second-order valence-electron chi connectivity index (χ2n) is 5.89. The van der Waals surface area contributed by atoms with Crippen molar-refractivity contribution in [3.8, 4) is 0 Å². The van der Waals surface area contributed by atoms with Gasteiger partial charge in [-0.25, -0.2) is 0 Å². The molecule has 1 saturated carbocycles. The van der Waals surface area contributed by atoms with Gasteiger partial charge in [0.15, 0.2) is 0 Å². The molecule has 0 spiro atoms. The van der Waals surface area contributed by atoms with Gasteiger partial charge in [-0.15, -0.1) is 0 Å². The topological polar surface area (TPSA) is 27.7 Å². The first-order valence-electron chi connectivity index (χ1n) is 8.11. The number of ether oxygens (including phenoxy) is 1. The highest BCUT2D eigenvalue weighted by Crippen LogP contribution is 2.29. The molecule has 0 atom stereocenters. The summed E-state index contributed by atoms with van der Waals surface area (Å²) >= 11 is 0. The predicted molar refractivity (Wildman–Crippen MR) is 79.6 cm³/mol. The van der Waals surface area contributed by atoms with Crippen LogP contribution in [-0.4, -0.2) is 75.4 Å². The zero-order chi connectivity index (χ0) is 13.3. The Kier molecular flexibility index (Phi) is 7.14. The average Bonchev–Trinajstić information content (AvgIpc) is 3.24. The van der Waals surface area contributed by atoms with Gasteiger partial charge in [0.1, 0.15) is 0 Å². The zero-order valence-corrected chi connectivity index (χ0v) is 12.6. The van der Waals surface area contributed by atoms with Crippen LogP contribution in [0.1, 0.15) is 26.2 Å². The number of nitrogens with one attached hydrogen (secondary N) is 1. The van der Waals surface area contributed by atoms with Crippen LogP contribution < -0.4 is 5.32 Å². The van der Waals surface area contributed by atoms with Gasteiger partial charge in [-0.3, -0.25) is 4.90 Å². The lowest BCUT2D eigenvalue weighted by Crippen LogP contribution is -2.48. The Balaban J connectivity index is 1.40. The molecule has 1 saturated heterocycles. The molecule has 0 amide bonds. The van der Waals surface area contributed by atoms with E-state index in [4.69, 9.17) is 4.74 Å². The highest BCUT2D eigenvalue weighted by atomic mass is 16.5. The molecule has 0 aromatic rings. The molecular weight excluding hydrogens is 238 g/mol. The van der Waals surface area contributed by atoms with Crippen LogP contribution in [0.2, 0.25) is 0 Å². The van der Waals surface area contributed by atoms with Gasteiger partial charge in [0, 0.05) is 59.0 Å². The van der Waals surface area contributed by atoms with Crippen molar-refractivity contribution in [2.45, 2.75) is 26.2 Å². The Morgan fingerprint density at radius 1 is 1.05 bits per heavy atom. The molecule has 2 fully saturated rings. The summed E-state index contributed by atoms with van der Waals surface area (Å²) in [6.45, 7) is 13.6. The van der Waals surface area contributed by atoms with Crippen LogP contribution in [0.15, 0.2) is 0 Å². The van der Waals surface area contributed by atoms with Gasteiger partial charge in [-0.05, 0) is 38.6 Å². The second kappa shape index (κ2) is 8.90. The quantitative estimate of drug-likeness (QED) is 0.600. The third-order valence-corrected chi connectivity index (χ3v) is 4.13. The minimum Gasteiger partial charge on any atom is -0.382 e. The predicted octanol–water partition coefficient (Wildman–Crippen LogP) is 1.03. The first-order chi connectivity index (χ1) is 9.38. The lowest BCUT2D eigenvalue weighted by Gasteiger charge is -2.34. The van der Waals surface area contributed by atoms with Gasteiger partial charge in [0.2, 0.25) is 0 Å². The van der Waals surface area contributed by atoms with Crippen LogP contribution >= 0.6 is 0 Å². The monoisotopic (exact) mass is 269 g/mol. The van der Waals surface area contributed by atoms with E-state index < -0.39 is 0 Å². The normalized spacial score (nSPS) is 21.9. The number of rotatable bonds is 10. The minimum absolute atomic E-state index is 0.838. The Morgan fingerprint density at radius 3 is 2.47 bits per heavy atom. The van der Waals surface area contributed by atoms with Crippen LogP contribution in [0, 0.1) is 5.92 Å². The van der Waals surface area contributed by atoms with E-state index in [2.05, 4.69) is 22.0 Å². The van der Waals surface area contributed by atoms with Crippen LogP contribution in [0.25, 0.3) is 0 Å². The van der Waals surface area contributed by atoms with E-state index in [9.17, 15) is 0 Å². The third kappa shape index (κ3) is 6.70. The van der Waals surface area contributed by atoms with Crippen molar-refractivity contribution in [3.63, 3.8) is 0 Å². The van der Waals surface area contributed by atoms with Crippen molar-refractivity contribution in [1.29, 1.82) is 0 Å². The number of piperazine rings is 1. The van der Waals surface area contributed by atoms with Gasteiger partial charge in [0.25, 0.3) is 0 Å². The van der Waals surface area contributed by atoms with Gasteiger partial charge in [0.05, 0.1) is 0 Å². The SMILES string of the molecule is CCOCCCNCCN1CCN(CC2CC2)CC1. The van der Waals surface area contributed by atoms with Crippen molar-refractivity contribution in [1.82, 2.24) is 15.1 Å². The lowest BCUT2D eigenvalue weighted by atomic mass is 10.3. The summed E-state index contributed by atoms with van der Waals surface area (Å²) < 4.78 is 5.32. The Hall–Kier alpha value is -0.160. The average molecular weight is 269 g/mol. The smallest absolute Gasteiger partial charge is 0.0477 e. The highest BCUT2D eigenvalue weighted by Gasteiger charge is 2.26. The summed E-state index contributed by atoms with van der Waals surface area (Å²) in [4.78, 5) is 5.25. The fraction of sp³-hybridized carbons (Fsp3) is 1.00. The van der Waals surface area contributed by atoms with Gasteiger partial charge in [-0.2, -0.15) is 0 Å². The Labute approximate surface area is 118 Å². The Morgan fingerprint density at radius 2 is 1.79 bits per heavy atom. The first-order valence-corrected chi connectivity index (χ1v) is 8.11. The second-order valence-corrected chi connectivity index (χ2v) is 5.89. The number of hydrogen-bond acceptors (Lipinski definition) is 4. The molecule has 0 radical (unpaired) electrons. The van der Waals surface area contributed by atoms with Crippen molar-refractivity contribution in [3.05, 3.63) is 0 Å². The summed E-state index contributed by atoms with van der Waals surface area (Å²) in [7, 11) is 0. The zero-order valence-electron chi connectivity index (χ0n) is 12.6. The van der Waals surface area contributed by atoms with Crippen LogP contribution in [0.3, 0.4) is 0 Å². The molecule has 0 bridgehead atoms. The molecule has 1 aliphatic carbocycles. The van der Waals surface area contributed by atoms with E-state index in [0.717, 1.165) is 38.6 Å². The molecular formula is C15H31N3O.